The third-order valence-corrected chi connectivity index (χ3v) is 2.96. The minimum absolute atomic E-state index is 0.0109. The van der Waals surface area contributed by atoms with Gasteiger partial charge in [0.1, 0.15) is 10.7 Å². The van der Waals surface area contributed by atoms with E-state index in [0.717, 1.165) is 0 Å². The van der Waals surface area contributed by atoms with Crippen LogP contribution in [0.2, 0.25) is 5.15 Å². The Bertz CT molecular complexity index is 662. The molecule has 2 rings (SSSR count). The summed E-state index contributed by atoms with van der Waals surface area (Å²) in [5.74, 6) is -1.68. The molecule has 6 nitrogen and oxygen atoms in total. The van der Waals surface area contributed by atoms with Crippen LogP contribution in [0.1, 0.15) is 26.4 Å². The third kappa shape index (κ3) is 2.30. The number of amides is 1. The van der Waals surface area contributed by atoms with E-state index in [0.29, 0.717) is 16.9 Å². The molecule has 0 saturated carbocycles. The van der Waals surface area contributed by atoms with Crippen LogP contribution in [0, 0.1) is 6.92 Å². The lowest BCUT2D eigenvalue weighted by Crippen LogP contribution is -2.10. The standard InChI is InChI=1S/C12H10ClN3O3/c1-6-9(12(18)19)10(13)16(15-6)8-4-2-7(3-5-8)11(14)17/h2-5H,1H3,(H2,14,17)(H,18,19). The van der Waals surface area contributed by atoms with Crippen molar-refractivity contribution >= 4 is 23.5 Å². The lowest BCUT2D eigenvalue weighted by molar-refractivity contribution is 0.0696. The monoisotopic (exact) mass is 279 g/mol. The van der Waals surface area contributed by atoms with Crippen molar-refractivity contribution < 1.29 is 14.7 Å². The van der Waals surface area contributed by atoms with Crippen molar-refractivity contribution in [3.8, 4) is 5.69 Å². The van der Waals surface area contributed by atoms with Crippen LogP contribution in [0.4, 0.5) is 0 Å². The second-order valence-electron chi connectivity index (χ2n) is 3.88. The Morgan fingerprint density at radius 1 is 1.32 bits per heavy atom. The van der Waals surface area contributed by atoms with Gasteiger partial charge in [-0.1, -0.05) is 11.6 Å². The van der Waals surface area contributed by atoms with Gasteiger partial charge in [0.15, 0.2) is 0 Å². The van der Waals surface area contributed by atoms with Gasteiger partial charge in [0, 0.05) is 5.56 Å². The number of nitrogens with zero attached hydrogens (tertiary/aromatic N) is 2. The molecule has 2 aromatic rings. The lowest BCUT2D eigenvalue weighted by atomic mass is 10.2. The van der Waals surface area contributed by atoms with E-state index >= 15 is 0 Å². The van der Waals surface area contributed by atoms with Gasteiger partial charge in [0.2, 0.25) is 5.91 Å². The summed E-state index contributed by atoms with van der Waals surface area (Å²) in [6.45, 7) is 1.56. The van der Waals surface area contributed by atoms with Crippen molar-refractivity contribution in [2.75, 3.05) is 0 Å². The zero-order valence-electron chi connectivity index (χ0n) is 9.92. The molecule has 1 heterocycles. The van der Waals surface area contributed by atoms with E-state index in [1.807, 2.05) is 0 Å². The number of aromatic nitrogens is 2. The lowest BCUT2D eigenvalue weighted by Gasteiger charge is -2.03. The van der Waals surface area contributed by atoms with Crippen LogP contribution in [0.5, 0.6) is 0 Å². The first-order chi connectivity index (χ1) is 8.91. The molecule has 19 heavy (non-hydrogen) atoms. The summed E-state index contributed by atoms with van der Waals surface area (Å²) in [5, 5.41) is 13.1. The molecular weight excluding hydrogens is 270 g/mol. The normalized spacial score (nSPS) is 10.4. The number of carboxylic acid groups (broad SMARTS) is 1. The van der Waals surface area contributed by atoms with E-state index in [1.54, 1.807) is 19.1 Å². The molecular formula is C12H10ClN3O3. The van der Waals surface area contributed by atoms with Crippen LogP contribution in [0.25, 0.3) is 5.69 Å². The van der Waals surface area contributed by atoms with Crippen molar-refractivity contribution in [1.82, 2.24) is 9.78 Å². The van der Waals surface area contributed by atoms with Gasteiger partial charge >= 0.3 is 5.97 Å². The molecule has 0 aliphatic heterocycles. The summed E-state index contributed by atoms with van der Waals surface area (Å²) in [6.07, 6.45) is 0. The van der Waals surface area contributed by atoms with E-state index in [2.05, 4.69) is 5.10 Å². The smallest absolute Gasteiger partial charge is 0.340 e. The Kier molecular flexibility index (Phi) is 3.26. The summed E-state index contributed by atoms with van der Waals surface area (Å²) in [5.41, 5.74) is 6.31. The number of nitrogens with two attached hydrogens (primary N) is 1. The maximum atomic E-state index is 11.0. The fourth-order valence-corrected chi connectivity index (χ4v) is 2.03. The quantitative estimate of drug-likeness (QED) is 0.892. The topological polar surface area (TPSA) is 98.2 Å². The first-order valence-corrected chi connectivity index (χ1v) is 5.68. The van der Waals surface area contributed by atoms with E-state index in [9.17, 15) is 9.59 Å². The van der Waals surface area contributed by atoms with Gasteiger partial charge in [0.25, 0.3) is 0 Å². The minimum Gasteiger partial charge on any atom is -0.478 e. The number of halogens is 1. The summed E-state index contributed by atoms with van der Waals surface area (Å²) >= 11 is 5.99. The maximum Gasteiger partial charge on any atom is 0.340 e. The van der Waals surface area contributed by atoms with Gasteiger partial charge in [-0.2, -0.15) is 5.10 Å². The molecule has 0 bridgehead atoms. The summed E-state index contributed by atoms with van der Waals surface area (Å²) in [6, 6.07) is 6.21. The second-order valence-corrected chi connectivity index (χ2v) is 4.24. The SMILES string of the molecule is Cc1nn(-c2ccc(C(N)=O)cc2)c(Cl)c1C(=O)O. The van der Waals surface area contributed by atoms with Crippen LogP contribution < -0.4 is 5.73 Å². The Hall–Kier alpha value is -2.34. The van der Waals surface area contributed by atoms with Crippen LogP contribution in [-0.2, 0) is 0 Å². The number of carbonyl (C=O) groups excluding carboxylic acids is 1. The van der Waals surface area contributed by atoms with Gasteiger partial charge < -0.3 is 10.8 Å². The average Bonchev–Trinajstić information content (AvgIpc) is 2.65. The van der Waals surface area contributed by atoms with Gasteiger partial charge in [-0.15, -0.1) is 0 Å². The highest BCUT2D eigenvalue weighted by Crippen LogP contribution is 2.23. The second kappa shape index (κ2) is 4.74. The molecule has 0 spiro atoms. The third-order valence-electron chi connectivity index (χ3n) is 2.61. The van der Waals surface area contributed by atoms with Crippen molar-refractivity contribution in [2.45, 2.75) is 6.92 Å². The van der Waals surface area contributed by atoms with Crippen molar-refractivity contribution in [1.29, 1.82) is 0 Å². The van der Waals surface area contributed by atoms with Gasteiger partial charge in [0.05, 0.1) is 11.4 Å². The predicted octanol–water partition coefficient (Wildman–Crippen LogP) is 1.63. The largest absolute Gasteiger partial charge is 0.478 e. The average molecular weight is 280 g/mol. The zero-order valence-corrected chi connectivity index (χ0v) is 10.7. The van der Waals surface area contributed by atoms with Crippen molar-refractivity contribution in [2.24, 2.45) is 5.73 Å². The fourth-order valence-electron chi connectivity index (χ4n) is 1.68. The van der Waals surface area contributed by atoms with Crippen LogP contribution in [0.15, 0.2) is 24.3 Å². The summed E-state index contributed by atoms with van der Waals surface area (Å²) in [7, 11) is 0. The zero-order chi connectivity index (χ0) is 14.2. The molecule has 98 valence electrons. The number of aryl methyl sites for hydroxylation is 1. The van der Waals surface area contributed by atoms with Crippen molar-refractivity contribution in [3.05, 3.63) is 46.2 Å². The molecule has 1 aromatic heterocycles. The Labute approximate surface area is 113 Å². The van der Waals surface area contributed by atoms with Crippen LogP contribution in [-0.4, -0.2) is 26.8 Å². The molecule has 0 aliphatic rings. The Morgan fingerprint density at radius 3 is 2.32 bits per heavy atom. The first-order valence-electron chi connectivity index (χ1n) is 5.30. The molecule has 3 N–H and O–H groups in total. The number of carbonyl (C=O) groups is 2. The van der Waals surface area contributed by atoms with Gasteiger partial charge in [-0.3, -0.25) is 4.79 Å². The number of rotatable bonds is 3. The first kappa shape index (κ1) is 13.1. The van der Waals surface area contributed by atoms with Crippen LogP contribution in [0.3, 0.4) is 0 Å². The molecule has 0 atom stereocenters. The molecule has 1 amide bonds. The Morgan fingerprint density at radius 2 is 1.89 bits per heavy atom. The summed E-state index contributed by atoms with van der Waals surface area (Å²) in [4.78, 5) is 22.0. The number of benzene rings is 1. The number of carboxylic acids is 1. The van der Waals surface area contributed by atoms with Crippen molar-refractivity contribution in [3.63, 3.8) is 0 Å². The number of hydrogen-bond donors (Lipinski definition) is 2. The minimum atomic E-state index is -1.14. The van der Waals surface area contributed by atoms with E-state index in [4.69, 9.17) is 22.4 Å². The summed E-state index contributed by atoms with van der Waals surface area (Å²) < 4.78 is 1.30. The maximum absolute atomic E-state index is 11.0. The molecule has 1 aromatic carbocycles. The highest BCUT2D eigenvalue weighted by Gasteiger charge is 2.20. The van der Waals surface area contributed by atoms with Gasteiger partial charge in [-0.05, 0) is 31.2 Å². The fraction of sp³-hybridized carbons (Fsp3) is 0.0833. The molecule has 0 radical (unpaired) electrons. The molecule has 0 aliphatic carbocycles. The highest BCUT2D eigenvalue weighted by atomic mass is 35.5. The predicted molar refractivity (Wildman–Crippen MR) is 68.8 cm³/mol. The molecule has 0 unspecified atom stereocenters. The van der Waals surface area contributed by atoms with E-state index in [1.165, 1.54) is 16.8 Å². The number of hydrogen-bond acceptors (Lipinski definition) is 3. The van der Waals surface area contributed by atoms with E-state index in [-0.39, 0.29) is 10.7 Å². The van der Waals surface area contributed by atoms with Crippen LogP contribution >= 0.6 is 11.6 Å². The molecule has 0 fully saturated rings. The number of primary amides is 1. The van der Waals surface area contributed by atoms with E-state index < -0.39 is 11.9 Å². The highest BCUT2D eigenvalue weighted by molar-refractivity contribution is 6.32. The molecule has 0 saturated heterocycles. The number of aromatic carboxylic acids is 1. The Balaban J connectivity index is 2.51. The van der Waals surface area contributed by atoms with Gasteiger partial charge in [-0.25, -0.2) is 9.48 Å². The molecule has 7 heteroatoms.